The molecule has 1 fully saturated rings. The monoisotopic (exact) mass is 345 g/mol. The summed E-state index contributed by atoms with van der Waals surface area (Å²) in [5.74, 6) is -0.468. The van der Waals surface area contributed by atoms with Crippen molar-refractivity contribution in [2.45, 2.75) is 19.4 Å². The van der Waals surface area contributed by atoms with Gasteiger partial charge in [-0.25, -0.2) is 5.48 Å². The Morgan fingerprint density at radius 3 is 2.62 bits per heavy atom. The van der Waals surface area contributed by atoms with E-state index in [-0.39, 0.29) is 0 Å². The van der Waals surface area contributed by atoms with Crippen LogP contribution in [0.25, 0.3) is 11.1 Å². The number of thiophene rings is 1. The van der Waals surface area contributed by atoms with Crippen molar-refractivity contribution in [3.05, 3.63) is 46.2 Å². The van der Waals surface area contributed by atoms with Crippen molar-refractivity contribution >= 4 is 17.2 Å². The topological polar surface area (TPSA) is 64.6 Å². The van der Waals surface area contributed by atoms with Crippen LogP contribution in [-0.4, -0.2) is 42.2 Å². The third kappa shape index (κ3) is 4.42. The summed E-state index contributed by atoms with van der Waals surface area (Å²) in [5.41, 5.74) is 4.98. The van der Waals surface area contributed by atoms with E-state index >= 15 is 0 Å². The quantitative estimate of drug-likeness (QED) is 0.410. The van der Waals surface area contributed by atoms with Crippen molar-refractivity contribution in [2.75, 3.05) is 26.2 Å². The molecular formula is C18H23N3O2S. The fourth-order valence-electron chi connectivity index (χ4n) is 2.95. The molecule has 24 heavy (non-hydrogen) atoms. The predicted molar refractivity (Wildman–Crippen MR) is 96.4 cm³/mol. The maximum Gasteiger partial charge on any atom is 0.284 e. The van der Waals surface area contributed by atoms with Gasteiger partial charge in [0, 0.05) is 19.6 Å². The van der Waals surface area contributed by atoms with Crippen LogP contribution in [0, 0.1) is 0 Å². The molecule has 0 atom stereocenters. The number of carbonyl (C=O) groups is 1. The Hall–Kier alpha value is -1.73. The second-order valence-corrected chi connectivity index (χ2v) is 6.97. The van der Waals surface area contributed by atoms with E-state index in [2.05, 4.69) is 34.5 Å². The summed E-state index contributed by atoms with van der Waals surface area (Å²) in [5, 5.41) is 14.1. The molecule has 0 unspecified atom stereocenters. The summed E-state index contributed by atoms with van der Waals surface area (Å²) in [6.45, 7) is 5.51. The lowest BCUT2D eigenvalue weighted by molar-refractivity contribution is 0.0711. The van der Waals surface area contributed by atoms with Crippen molar-refractivity contribution in [3.63, 3.8) is 0 Å². The van der Waals surface area contributed by atoms with Crippen LogP contribution >= 0.6 is 11.3 Å². The first-order valence-corrected chi connectivity index (χ1v) is 9.19. The molecule has 1 amide bonds. The summed E-state index contributed by atoms with van der Waals surface area (Å²) in [4.78, 5) is 14.4. The molecule has 2 aromatic rings. The standard InChI is InChI=1S/C18H23N3O2S/c22-18(20-23)17-11-16(13-24-17)15-5-3-14(4-6-15)12-19-7-10-21-8-1-2-9-21/h3-6,11,13,19,23H,1-2,7-10,12H2,(H,20,22). The van der Waals surface area contributed by atoms with E-state index in [1.54, 1.807) is 11.5 Å². The number of carbonyl (C=O) groups excluding carboxylic acids is 1. The van der Waals surface area contributed by atoms with Crippen molar-refractivity contribution in [1.29, 1.82) is 0 Å². The predicted octanol–water partition coefficient (Wildman–Crippen LogP) is 2.72. The minimum absolute atomic E-state index is 0.468. The maximum absolute atomic E-state index is 11.4. The van der Waals surface area contributed by atoms with E-state index in [4.69, 9.17) is 5.21 Å². The van der Waals surface area contributed by atoms with E-state index in [1.807, 2.05) is 5.38 Å². The van der Waals surface area contributed by atoms with E-state index in [1.165, 1.54) is 42.8 Å². The minimum atomic E-state index is -0.468. The molecule has 2 heterocycles. The van der Waals surface area contributed by atoms with Gasteiger partial charge in [0.25, 0.3) is 5.91 Å². The third-order valence-electron chi connectivity index (χ3n) is 4.34. The van der Waals surface area contributed by atoms with E-state index in [0.29, 0.717) is 4.88 Å². The molecule has 1 aromatic heterocycles. The van der Waals surface area contributed by atoms with E-state index < -0.39 is 5.91 Å². The molecule has 0 bridgehead atoms. The molecule has 0 saturated carbocycles. The highest BCUT2D eigenvalue weighted by molar-refractivity contribution is 7.12. The lowest BCUT2D eigenvalue weighted by Crippen LogP contribution is -2.29. The van der Waals surface area contributed by atoms with Gasteiger partial charge in [-0.05, 0) is 54.1 Å². The van der Waals surface area contributed by atoms with Gasteiger partial charge in [0.15, 0.2) is 0 Å². The molecule has 1 saturated heterocycles. The molecule has 0 aliphatic carbocycles. The molecule has 1 aliphatic heterocycles. The molecule has 128 valence electrons. The zero-order valence-electron chi connectivity index (χ0n) is 13.6. The van der Waals surface area contributed by atoms with Crippen molar-refractivity contribution < 1.29 is 10.0 Å². The molecule has 6 heteroatoms. The molecule has 0 radical (unpaired) electrons. The summed E-state index contributed by atoms with van der Waals surface area (Å²) in [7, 11) is 0. The Labute approximate surface area is 146 Å². The molecule has 3 rings (SSSR count). The molecule has 1 aromatic carbocycles. The van der Waals surface area contributed by atoms with Crippen molar-refractivity contribution in [1.82, 2.24) is 15.7 Å². The van der Waals surface area contributed by atoms with Crippen LogP contribution in [-0.2, 0) is 6.54 Å². The normalized spacial score (nSPS) is 14.9. The Morgan fingerprint density at radius 1 is 1.17 bits per heavy atom. The number of nitrogens with zero attached hydrogens (tertiary/aromatic N) is 1. The lowest BCUT2D eigenvalue weighted by atomic mass is 10.1. The van der Waals surface area contributed by atoms with E-state index in [0.717, 1.165) is 30.8 Å². The fourth-order valence-corrected chi connectivity index (χ4v) is 3.76. The molecule has 1 aliphatic rings. The smallest absolute Gasteiger partial charge is 0.284 e. The average molecular weight is 345 g/mol. The highest BCUT2D eigenvalue weighted by atomic mass is 32.1. The zero-order chi connectivity index (χ0) is 16.8. The summed E-state index contributed by atoms with van der Waals surface area (Å²) >= 11 is 1.32. The Kier molecular flexibility index (Phi) is 5.98. The third-order valence-corrected chi connectivity index (χ3v) is 5.27. The Bertz CT molecular complexity index is 663. The van der Waals surface area contributed by atoms with E-state index in [9.17, 15) is 4.79 Å². The zero-order valence-corrected chi connectivity index (χ0v) is 14.4. The van der Waals surface area contributed by atoms with Crippen LogP contribution in [0.1, 0.15) is 28.1 Å². The minimum Gasteiger partial charge on any atom is -0.311 e. The van der Waals surface area contributed by atoms with Gasteiger partial charge in [-0.15, -0.1) is 11.3 Å². The summed E-state index contributed by atoms with van der Waals surface area (Å²) < 4.78 is 0. The number of hydrogen-bond acceptors (Lipinski definition) is 5. The summed E-state index contributed by atoms with van der Waals surface area (Å²) in [6, 6.07) is 10.2. The number of hydroxylamine groups is 1. The van der Waals surface area contributed by atoms with Crippen molar-refractivity contribution in [2.24, 2.45) is 0 Å². The van der Waals surface area contributed by atoms with Crippen LogP contribution in [0.2, 0.25) is 0 Å². The second-order valence-electron chi connectivity index (χ2n) is 6.06. The fraction of sp³-hybridized carbons (Fsp3) is 0.389. The summed E-state index contributed by atoms with van der Waals surface area (Å²) in [6.07, 6.45) is 2.68. The maximum atomic E-state index is 11.4. The van der Waals surface area contributed by atoms with Crippen LogP contribution in [0.3, 0.4) is 0 Å². The van der Waals surface area contributed by atoms with Gasteiger partial charge < -0.3 is 10.2 Å². The highest BCUT2D eigenvalue weighted by Gasteiger charge is 2.10. The number of hydrogen-bond donors (Lipinski definition) is 3. The van der Waals surface area contributed by atoms with Gasteiger partial charge in [-0.3, -0.25) is 10.0 Å². The van der Waals surface area contributed by atoms with Crippen molar-refractivity contribution in [3.8, 4) is 11.1 Å². The highest BCUT2D eigenvalue weighted by Crippen LogP contribution is 2.25. The number of amides is 1. The number of nitrogens with one attached hydrogen (secondary N) is 2. The molecular weight excluding hydrogens is 322 g/mol. The molecule has 5 nitrogen and oxygen atoms in total. The van der Waals surface area contributed by atoms with Gasteiger partial charge in [0.05, 0.1) is 4.88 Å². The lowest BCUT2D eigenvalue weighted by Gasteiger charge is -2.14. The Balaban J connectivity index is 1.49. The first-order chi connectivity index (χ1) is 11.8. The van der Waals surface area contributed by atoms with Crippen LogP contribution < -0.4 is 10.8 Å². The van der Waals surface area contributed by atoms with Gasteiger partial charge in [0.1, 0.15) is 0 Å². The van der Waals surface area contributed by atoms with Gasteiger partial charge >= 0.3 is 0 Å². The second kappa shape index (κ2) is 8.39. The van der Waals surface area contributed by atoms with Gasteiger partial charge in [0.2, 0.25) is 0 Å². The van der Waals surface area contributed by atoms with Crippen LogP contribution in [0.5, 0.6) is 0 Å². The molecule has 3 N–H and O–H groups in total. The van der Waals surface area contributed by atoms with Crippen LogP contribution in [0.4, 0.5) is 0 Å². The van der Waals surface area contributed by atoms with Gasteiger partial charge in [-0.2, -0.15) is 0 Å². The number of benzene rings is 1. The first-order valence-electron chi connectivity index (χ1n) is 8.31. The molecule has 0 spiro atoms. The largest absolute Gasteiger partial charge is 0.311 e. The van der Waals surface area contributed by atoms with Gasteiger partial charge in [-0.1, -0.05) is 24.3 Å². The SMILES string of the molecule is O=C(NO)c1cc(-c2ccc(CNCCN3CCCC3)cc2)cs1. The van der Waals surface area contributed by atoms with Crippen LogP contribution in [0.15, 0.2) is 35.7 Å². The number of rotatable bonds is 7. The first kappa shape index (κ1) is 17.1. The Morgan fingerprint density at radius 2 is 1.92 bits per heavy atom. The average Bonchev–Trinajstić information content (AvgIpc) is 3.30. The number of likely N-dealkylation sites (tertiary alicyclic amines) is 1.